The molecule has 2 rings (SSSR count). The van der Waals surface area contributed by atoms with Gasteiger partial charge in [0.15, 0.2) is 0 Å². The minimum atomic E-state index is -1.51. The van der Waals surface area contributed by atoms with Crippen LogP contribution in [0.2, 0.25) is 0 Å². The Morgan fingerprint density at radius 3 is 2.33 bits per heavy atom. The fourth-order valence-electron chi connectivity index (χ4n) is 2.64. The molecule has 0 aromatic heterocycles. The molecule has 0 heterocycles. The quantitative estimate of drug-likeness (QED) is 0.896. The number of carbonyl (C=O) groups is 2. The van der Waals surface area contributed by atoms with Gasteiger partial charge in [0.05, 0.1) is 11.3 Å². The fourth-order valence-corrected chi connectivity index (χ4v) is 2.64. The van der Waals surface area contributed by atoms with E-state index < -0.39 is 28.6 Å². The van der Waals surface area contributed by atoms with Crippen molar-refractivity contribution < 1.29 is 23.5 Å². The molecule has 6 heteroatoms. The van der Waals surface area contributed by atoms with Crippen molar-refractivity contribution in [2.75, 3.05) is 5.32 Å². The summed E-state index contributed by atoms with van der Waals surface area (Å²) in [4.78, 5) is 23.1. The largest absolute Gasteiger partial charge is 0.478 e. The number of nitrogens with one attached hydrogen (secondary N) is 1. The minimum Gasteiger partial charge on any atom is -0.478 e. The van der Waals surface area contributed by atoms with Crippen LogP contribution >= 0.6 is 0 Å². The number of carboxylic acid groups (broad SMARTS) is 1. The van der Waals surface area contributed by atoms with E-state index in [1.54, 1.807) is 6.92 Å². The lowest BCUT2D eigenvalue weighted by Gasteiger charge is -2.32. The summed E-state index contributed by atoms with van der Waals surface area (Å²) in [5, 5.41) is 11.2. The van der Waals surface area contributed by atoms with Crippen LogP contribution in [0.25, 0.3) is 0 Å². The van der Waals surface area contributed by atoms with E-state index >= 15 is 0 Å². The topological polar surface area (TPSA) is 66.4 Å². The van der Waals surface area contributed by atoms with E-state index in [0.29, 0.717) is 18.9 Å². The second-order valence-corrected chi connectivity index (χ2v) is 5.69. The molecule has 1 fully saturated rings. The van der Waals surface area contributed by atoms with Gasteiger partial charge < -0.3 is 10.4 Å². The van der Waals surface area contributed by atoms with Crippen molar-refractivity contribution in [1.82, 2.24) is 0 Å². The first-order valence-corrected chi connectivity index (χ1v) is 6.87. The molecule has 0 atom stereocenters. The number of rotatable bonds is 3. The second kappa shape index (κ2) is 5.79. The van der Waals surface area contributed by atoms with Crippen molar-refractivity contribution in [3.63, 3.8) is 0 Å². The lowest BCUT2D eigenvalue weighted by atomic mass is 9.75. The van der Waals surface area contributed by atoms with E-state index in [1.807, 2.05) is 0 Å². The van der Waals surface area contributed by atoms with Crippen LogP contribution in [0.5, 0.6) is 0 Å². The Labute approximate surface area is 121 Å². The van der Waals surface area contributed by atoms with Gasteiger partial charge in [0.2, 0.25) is 5.91 Å². The van der Waals surface area contributed by atoms with Crippen molar-refractivity contribution in [1.29, 1.82) is 0 Å². The van der Waals surface area contributed by atoms with E-state index in [9.17, 15) is 18.4 Å². The maximum Gasteiger partial charge on any atom is 0.338 e. The van der Waals surface area contributed by atoms with Crippen LogP contribution in [0.15, 0.2) is 12.1 Å². The SMILES string of the molecule is CC1(C(=O)Nc2cc(C(=O)O)c(F)cc2F)CCCCC1. The first-order chi connectivity index (χ1) is 9.83. The van der Waals surface area contributed by atoms with Gasteiger partial charge in [0.25, 0.3) is 0 Å². The van der Waals surface area contributed by atoms with Crippen LogP contribution in [0.3, 0.4) is 0 Å². The van der Waals surface area contributed by atoms with E-state index in [4.69, 9.17) is 5.11 Å². The predicted octanol–water partition coefficient (Wildman–Crippen LogP) is 3.57. The van der Waals surface area contributed by atoms with Gasteiger partial charge in [0.1, 0.15) is 11.6 Å². The highest BCUT2D eigenvalue weighted by molar-refractivity contribution is 5.97. The molecule has 0 bridgehead atoms. The summed E-state index contributed by atoms with van der Waals surface area (Å²) in [5.41, 5.74) is -1.56. The summed E-state index contributed by atoms with van der Waals surface area (Å²) in [6, 6.07) is 1.29. The van der Waals surface area contributed by atoms with Gasteiger partial charge >= 0.3 is 5.97 Å². The summed E-state index contributed by atoms with van der Waals surface area (Å²) >= 11 is 0. The molecule has 1 aliphatic carbocycles. The Bertz CT molecular complexity index is 581. The van der Waals surface area contributed by atoms with Crippen LogP contribution in [-0.2, 0) is 4.79 Å². The number of anilines is 1. The zero-order valence-electron chi connectivity index (χ0n) is 11.7. The molecular formula is C15H17F2NO3. The molecule has 1 aromatic carbocycles. The van der Waals surface area contributed by atoms with E-state index in [0.717, 1.165) is 25.3 Å². The highest BCUT2D eigenvalue weighted by atomic mass is 19.1. The molecule has 1 aliphatic rings. The number of halogens is 2. The zero-order chi connectivity index (χ0) is 15.6. The van der Waals surface area contributed by atoms with Crippen molar-refractivity contribution in [3.8, 4) is 0 Å². The molecule has 114 valence electrons. The average Bonchev–Trinajstić information content (AvgIpc) is 2.42. The average molecular weight is 297 g/mol. The van der Waals surface area contributed by atoms with Crippen molar-refractivity contribution in [2.24, 2.45) is 5.41 Å². The molecule has 1 aromatic rings. The number of carboxylic acids is 1. The molecule has 1 saturated carbocycles. The van der Waals surface area contributed by atoms with Crippen molar-refractivity contribution in [2.45, 2.75) is 39.0 Å². The van der Waals surface area contributed by atoms with Crippen LogP contribution < -0.4 is 5.32 Å². The summed E-state index contributed by atoms with van der Waals surface area (Å²) in [6.07, 6.45) is 4.32. The number of hydrogen-bond donors (Lipinski definition) is 2. The van der Waals surface area contributed by atoms with Gasteiger partial charge in [-0.3, -0.25) is 4.79 Å². The lowest BCUT2D eigenvalue weighted by molar-refractivity contribution is -0.126. The maximum absolute atomic E-state index is 13.7. The summed E-state index contributed by atoms with van der Waals surface area (Å²) in [7, 11) is 0. The Balaban J connectivity index is 2.24. The fraction of sp³-hybridized carbons (Fsp3) is 0.467. The minimum absolute atomic E-state index is 0.300. The predicted molar refractivity (Wildman–Crippen MR) is 73.1 cm³/mol. The first-order valence-electron chi connectivity index (χ1n) is 6.87. The molecule has 4 nitrogen and oxygen atoms in total. The third-order valence-corrected chi connectivity index (χ3v) is 4.04. The number of carbonyl (C=O) groups excluding carboxylic acids is 1. The molecule has 0 spiro atoms. The smallest absolute Gasteiger partial charge is 0.338 e. The van der Waals surface area contributed by atoms with Crippen LogP contribution in [-0.4, -0.2) is 17.0 Å². The molecular weight excluding hydrogens is 280 g/mol. The van der Waals surface area contributed by atoms with Crippen LogP contribution in [0.4, 0.5) is 14.5 Å². The van der Waals surface area contributed by atoms with Gasteiger partial charge in [-0.2, -0.15) is 0 Å². The van der Waals surface area contributed by atoms with Gasteiger partial charge in [-0.1, -0.05) is 26.2 Å². The van der Waals surface area contributed by atoms with Gasteiger partial charge in [-0.15, -0.1) is 0 Å². The van der Waals surface area contributed by atoms with Crippen LogP contribution in [0, 0.1) is 17.0 Å². The second-order valence-electron chi connectivity index (χ2n) is 5.69. The Kier molecular flexibility index (Phi) is 4.25. The highest BCUT2D eigenvalue weighted by Crippen LogP contribution is 2.37. The Morgan fingerprint density at radius 1 is 1.14 bits per heavy atom. The third kappa shape index (κ3) is 3.20. The zero-order valence-corrected chi connectivity index (χ0v) is 11.7. The lowest BCUT2D eigenvalue weighted by Crippen LogP contribution is -2.35. The monoisotopic (exact) mass is 297 g/mol. The summed E-state index contributed by atoms with van der Waals surface area (Å²) < 4.78 is 27.0. The van der Waals surface area contributed by atoms with Gasteiger partial charge in [-0.25, -0.2) is 13.6 Å². The molecule has 0 saturated heterocycles. The molecule has 0 aliphatic heterocycles. The first kappa shape index (κ1) is 15.4. The normalized spacial score (nSPS) is 17.3. The number of hydrogen-bond acceptors (Lipinski definition) is 2. The van der Waals surface area contributed by atoms with Crippen molar-refractivity contribution >= 4 is 17.6 Å². The van der Waals surface area contributed by atoms with Gasteiger partial charge in [-0.05, 0) is 18.9 Å². The standard InChI is InChI=1S/C15H17F2NO3/c1-15(5-3-2-4-6-15)14(21)18-12-7-9(13(19)20)10(16)8-11(12)17/h7-8H,2-6H2,1H3,(H,18,21)(H,19,20). The molecule has 0 radical (unpaired) electrons. The van der Waals surface area contributed by atoms with E-state index in [2.05, 4.69) is 5.32 Å². The summed E-state index contributed by atoms with van der Waals surface area (Å²) in [5.74, 6) is -4.01. The molecule has 21 heavy (non-hydrogen) atoms. The number of amides is 1. The molecule has 0 unspecified atom stereocenters. The number of benzene rings is 1. The number of aromatic carboxylic acids is 1. The molecule has 1 amide bonds. The Hall–Kier alpha value is -1.98. The summed E-state index contributed by atoms with van der Waals surface area (Å²) in [6.45, 7) is 1.81. The van der Waals surface area contributed by atoms with Crippen LogP contribution in [0.1, 0.15) is 49.4 Å². The van der Waals surface area contributed by atoms with Gasteiger partial charge in [0, 0.05) is 11.5 Å². The van der Waals surface area contributed by atoms with Crippen molar-refractivity contribution in [3.05, 3.63) is 29.3 Å². The third-order valence-electron chi connectivity index (χ3n) is 4.04. The van der Waals surface area contributed by atoms with E-state index in [-0.39, 0.29) is 11.6 Å². The Morgan fingerprint density at radius 2 is 1.76 bits per heavy atom. The molecule has 2 N–H and O–H groups in total. The maximum atomic E-state index is 13.7. The van der Waals surface area contributed by atoms with E-state index in [1.165, 1.54) is 0 Å². The highest BCUT2D eigenvalue weighted by Gasteiger charge is 2.35.